The van der Waals surface area contributed by atoms with Crippen molar-refractivity contribution in [2.75, 3.05) is 19.0 Å². The first-order valence-corrected chi connectivity index (χ1v) is 8.57. The van der Waals surface area contributed by atoms with Crippen molar-refractivity contribution in [3.05, 3.63) is 50.6 Å². The maximum absolute atomic E-state index is 12.1. The van der Waals surface area contributed by atoms with Crippen LogP contribution in [-0.4, -0.2) is 31.0 Å². The molecule has 0 unspecified atom stereocenters. The number of nitrogens with one attached hydrogen (secondary N) is 1. The molecule has 2 N–H and O–H groups in total. The first-order chi connectivity index (χ1) is 11.9. The zero-order valence-corrected chi connectivity index (χ0v) is 16.3. The number of carbonyl (C=O) groups excluding carboxylic acids is 1. The monoisotopic (exact) mass is 454 g/mol. The van der Waals surface area contributed by atoms with E-state index in [0.29, 0.717) is 17.1 Å². The summed E-state index contributed by atoms with van der Waals surface area (Å²) in [4.78, 5) is 12.1. The molecule has 0 saturated heterocycles. The second-order valence-corrected chi connectivity index (χ2v) is 6.58. The molecule has 0 atom stereocenters. The summed E-state index contributed by atoms with van der Waals surface area (Å²) >= 11 is 2.07. The number of halogens is 1. The molecule has 7 heteroatoms. The molecule has 6 nitrogen and oxygen atoms in total. The van der Waals surface area contributed by atoms with E-state index in [2.05, 4.69) is 33.1 Å². The number of nitrogens with zero attached hydrogens (tertiary/aromatic N) is 1. The minimum Gasteiger partial charge on any atom is -0.493 e. The molecule has 0 heterocycles. The summed E-state index contributed by atoms with van der Waals surface area (Å²) in [6.07, 6.45) is 1.29. The molecule has 0 aliphatic heterocycles. The second kappa shape index (κ2) is 8.70. The van der Waals surface area contributed by atoms with Crippen LogP contribution in [0.25, 0.3) is 0 Å². The van der Waals surface area contributed by atoms with Gasteiger partial charge in [-0.2, -0.15) is 0 Å². The van der Waals surface area contributed by atoms with Gasteiger partial charge in [0.2, 0.25) is 0 Å². The van der Waals surface area contributed by atoms with Gasteiger partial charge >= 0.3 is 0 Å². The SMILES string of the molecule is COc1cc(/C=N/O)cc(I)c1OCC(=O)Nc1ccc(C)c(C)c1. The smallest absolute Gasteiger partial charge is 0.262 e. The Kier molecular flexibility index (Phi) is 6.63. The summed E-state index contributed by atoms with van der Waals surface area (Å²) in [5.74, 6) is 0.663. The number of aryl methyl sites for hydroxylation is 2. The highest BCUT2D eigenvalue weighted by atomic mass is 127. The molecule has 0 aliphatic rings. The van der Waals surface area contributed by atoms with E-state index in [0.717, 1.165) is 14.8 Å². The summed E-state index contributed by atoms with van der Waals surface area (Å²) < 4.78 is 11.7. The summed E-state index contributed by atoms with van der Waals surface area (Å²) in [6, 6.07) is 9.16. The van der Waals surface area contributed by atoms with Gasteiger partial charge in [-0.15, -0.1) is 0 Å². The van der Waals surface area contributed by atoms with Gasteiger partial charge in [-0.05, 0) is 71.8 Å². The van der Waals surface area contributed by atoms with Crippen LogP contribution in [0, 0.1) is 17.4 Å². The van der Waals surface area contributed by atoms with E-state index in [9.17, 15) is 4.79 Å². The normalized spacial score (nSPS) is 10.7. The van der Waals surface area contributed by atoms with E-state index in [4.69, 9.17) is 14.7 Å². The minimum absolute atomic E-state index is 0.146. The van der Waals surface area contributed by atoms with E-state index in [1.54, 1.807) is 12.1 Å². The predicted octanol–water partition coefficient (Wildman–Crippen LogP) is 3.74. The lowest BCUT2D eigenvalue weighted by molar-refractivity contribution is -0.118. The van der Waals surface area contributed by atoms with Crippen molar-refractivity contribution in [1.29, 1.82) is 0 Å². The number of anilines is 1. The van der Waals surface area contributed by atoms with Crippen LogP contribution < -0.4 is 14.8 Å². The van der Waals surface area contributed by atoms with Gasteiger partial charge in [-0.1, -0.05) is 11.2 Å². The lowest BCUT2D eigenvalue weighted by Gasteiger charge is -2.13. The van der Waals surface area contributed by atoms with Gasteiger partial charge in [0.1, 0.15) is 0 Å². The van der Waals surface area contributed by atoms with Gasteiger partial charge < -0.3 is 20.0 Å². The third-order valence-corrected chi connectivity index (χ3v) is 4.40. The number of methoxy groups -OCH3 is 1. The highest BCUT2D eigenvalue weighted by Crippen LogP contribution is 2.33. The Morgan fingerprint density at radius 2 is 2.04 bits per heavy atom. The van der Waals surface area contributed by atoms with Gasteiger partial charge in [0.05, 0.1) is 16.9 Å². The third-order valence-electron chi connectivity index (χ3n) is 3.60. The lowest BCUT2D eigenvalue weighted by atomic mass is 10.1. The van der Waals surface area contributed by atoms with Crippen molar-refractivity contribution in [3.63, 3.8) is 0 Å². The van der Waals surface area contributed by atoms with Crippen molar-refractivity contribution in [2.24, 2.45) is 5.16 Å². The van der Waals surface area contributed by atoms with Crippen LogP contribution in [0.1, 0.15) is 16.7 Å². The van der Waals surface area contributed by atoms with Crippen molar-refractivity contribution in [1.82, 2.24) is 0 Å². The number of carbonyl (C=O) groups is 1. The standard InChI is InChI=1S/C18H19IN2O4/c1-11-4-5-14(6-12(11)2)21-17(22)10-25-18-15(19)7-13(9-20-23)8-16(18)24-3/h4-9,23H,10H2,1-3H3,(H,21,22)/b20-9+. The molecule has 0 aromatic heterocycles. The quantitative estimate of drug-likeness (QED) is 0.302. The van der Waals surface area contributed by atoms with Crippen LogP contribution >= 0.6 is 22.6 Å². The number of amides is 1. The Hall–Kier alpha value is -2.29. The fourth-order valence-electron chi connectivity index (χ4n) is 2.18. The molecule has 132 valence electrons. The maximum atomic E-state index is 12.1. The van der Waals surface area contributed by atoms with Crippen molar-refractivity contribution in [3.8, 4) is 11.5 Å². The highest BCUT2D eigenvalue weighted by Gasteiger charge is 2.13. The summed E-state index contributed by atoms with van der Waals surface area (Å²) in [5.41, 5.74) is 3.67. The van der Waals surface area contributed by atoms with Crippen LogP contribution in [0.3, 0.4) is 0 Å². The molecule has 0 aliphatic carbocycles. The fourth-order valence-corrected chi connectivity index (χ4v) is 2.96. The Morgan fingerprint density at radius 1 is 1.28 bits per heavy atom. The Morgan fingerprint density at radius 3 is 2.68 bits per heavy atom. The number of benzene rings is 2. The van der Waals surface area contributed by atoms with Crippen LogP contribution in [-0.2, 0) is 4.79 Å². The van der Waals surface area contributed by atoms with Gasteiger partial charge in [0.15, 0.2) is 18.1 Å². The zero-order chi connectivity index (χ0) is 18.4. The van der Waals surface area contributed by atoms with Crippen LogP contribution in [0.2, 0.25) is 0 Å². The van der Waals surface area contributed by atoms with E-state index in [1.807, 2.05) is 32.0 Å². The highest BCUT2D eigenvalue weighted by molar-refractivity contribution is 14.1. The molecule has 0 spiro atoms. The number of oxime groups is 1. The summed E-state index contributed by atoms with van der Waals surface area (Å²) in [6.45, 7) is 3.86. The summed E-state index contributed by atoms with van der Waals surface area (Å²) in [5, 5.41) is 14.4. The molecule has 2 aromatic carbocycles. The Labute approximate surface area is 160 Å². The average molecular weight is 454 g/mol. The lowest BCUT2D eigenvalue weighted by Crippen LogP contribution is -2.20. The first kappa shape index (κ1) is 19.0. The second-order valence-electron chi connectivity index (χ2n) is 5.41. The van der Waals surface area contributed by atoms with Crippen LogP contribution in [0.5, 0.6) is 11.5 Å². The number of rotatable bonds is 6. The fraction of sp³-hybridized carbons (Fsp3) is 0.222. The number of ether oxygens (including phenoxy) is 2. The van der Waals surface area contributed by atoms with Gasteiger partial charge in [-0.25, -0.2) is 0 Å². The molecule has 0 radical (unpaired) electrons. The van der Waals surface area contributed by atoms with E-state index >= 15 is 0 Å². The molecule has 0 bridgehead atoms. The molecule has 2 aromatic rings. The van der Waals surface area contributed by atoms with E-state index in [1.165, 1.54) is 18.9 Å². The van der Waals surface area contributed by atoms with Crippen molar-refractivity contribution in [2.45, 2.75) is 13.8 Å². The van der Waals surface area contributed by atoms with Crippen LogP contribution in [0.15, 0.2) is 35.5 Å². The molecule has 25 heavy (non-hydrogen) atoms. The zero-order valence-electron chi connectivity index (χ0n) is 14.2. The molecule has 0 fully saturated rings. The average Bonchev–Trinajstić information content (AvgIpc) is 2.57. The molecular weight excluding hydrogens is 435 g/mol. The first-order valence-electron chi connectivity index (χ1n) is 7.49. The molecule has 0 saturated carbocycles. The van der Waals surface area contributed by atoms with Gasteiger partial charge in [-0.3, -0.25) is 4.79 Å². The predicted molar refractivity (Wildman–Crippen MR) is 105 cm³/mol. The molecular formula is C18H19IN2O4. The largest absolute Gasteiger partial charge is 0.493 e. The number of hydrogen-bond acceptors (Lipinski definition) is 5. The van der Waals surface area contributed by atoms with Crippen molar-refractivity contribution >= 4 is 40.4 Å². The Bertz CT molecular complexity index is 806. The van der Waals surface area contributed by atoms with E-state index in [-0.39, 0.29) is 12.5 Å². The van der Waals surface area contributed by atoms with Gasteiger partial charge in [0, 0.05) is 11.3 Å². The third kappa shape index (κ3) is 5.09. The van der Waals surface area contributed by atoms with Crippen LogP contribution in [0.4, 0.5) is 5.69 Å². The molecule has 2 rings (SSSR count). The topological polar surface area (TPSA) is 80.2 Å². The summed E-state index contributed by atoms with van der Waals surface area (Å²) in [7, 11) is 1.51. The van der Waals surface area contributed by atoms with Crippen molar-refractivity contribution < 1.29 is 19.5 Å². The van der Waals surface area contributed by atoms with E-state index < -0.39 is 0 Å². The Balaban J connectivity index is 2.07. The van der Waals surface area contributed by atoms with Gasteiger partial charge in [0.25, 0.3) is 5.91 Å². The molecule has 1 amide bonds. The number of hydrogen-bond donors (Lipinski definition) is 2. The minimum atomic E-state index is -0.262. The maximum Gasteiger partial charge on any atom is 0.262 e.